The molecular formula is C26H29N3O4. The summed E-state index contributed by atoms with van der Waals surface area (Å²) in [6, 6.07) is 21.9. The van der Waals surface area contributed by atoms with Gasteiger partial charge in [0.15, 0.2) is 6.61 Å². The van der Waals surface area contributed by atoms with E-state index in [-0.39, 0.29) is 18.9 Å². The molecule has 172 valence electrons. The SMILES string of the molecule is O=C(COC(=O)CCc1ccco1)Nc1ccc(N2CCN(Cc3ccccc3)CC2)cc1. The number of piperazine rings is 1. The Morgan fingerprint density at radius 3 is 2.36 bits per heavy atom. The average Bonchev–Trinajstić information content (AvgIpc) is 3.37. The highest BCUT2D eigenvalue weighted by Gasteiger charge is 2.17. The first-order valence-corrected chi connectivity index (χ1v) is 11.2. The number of nitrogens with one attached hydrogen (secondary N) is 1. The van der Waals surface area contributed by atoms with Crippen LogP contribution in [-0.2, 0) is 27.3 Å². The second-order valence-corrected chi connectivity index (χ2v) is 8.08. The van der Waals surface area contributed by atoms with Gasteiger partial charge < -0.3 is 19.4 Å². The van der Waals surface area contributed by atoms with Crippen molar-refractivity contribution in [1.82, 2.24) is 4.90 Å². The number of hydrogen-bond acceptors (Lipinski definition) is 6. The first kappa shape index (κ1) is 22.6. The predicted molar refractivity (Wildman–Crippen MR) is 127 cm³/mol. The third-order valence-corrected chi connectivity index (χ3v) is 5.66. The fourth-order valence-corrected chi connectivity index (χ4v) is 3.86. The molecule has 0 aliphatic carbocycles. The number of furan rings is 1. The molecule has 1 aliphatic heterocycles. The minimum absolute atomic E-state index is 0.175. The number of anilines is 2. The van der Waals surface area contributed by atoms with E-state index >= 15 is 0 Å². The van der Waals surface area contributed by atoms with Gasteiger partial charge in [0.05, 0.1) is 12.7 Å². The second kappa shape index (κ2) is 11.3. The normalized spacial score (nSPS) is 14.1. The molecule has 1 aromatic heterocycles. The van der Waals surface area contributed by atoms with Crippen molar-refractivity contribution in [2.24, 2.45) is 0 Å². The Hall–Kier alpha value is -3.58. The van der Waals surface area contributed by atoms with Crippen molar-refractivity contribution in [1.29, 1.82) is 0 Å². The molecule has 7 heteroatoms. The van der Waals surface area contributed by atoms with Gasteiger partial charge in [-0.15, -0.1) is 0 Å². The lowest BCUT2D eigenvalue weighted by Gasteiger charge is -2.36. The van der Waals surface area contributed by atoms with Crippen LogP contribution in [0.1, 0.15) is 17.7 Å². The van der Waals surface area contributed by atoms with Gasteiger partial charge in [-0.2, -0.15) is 0 Å². The van der Waals surface area contributed by atoms with Crippen LogP contribution in [0.2, 0.25) is 0 Å². The predicted octanol–water partition coefficient (Wildman–Crippen LogP) is 3.72. The summed E-state index contributed by atoms with van der Waals surface area (Å²) in [5.74, 6) is -0.0685. The van der Waals surface area contributed by atoms with E-state index in [1.165, 1.54) is 5.56 Å². The molecule has 2 aromatic carbocycles. The molecule has 1 amide bonds. The lowest BCUT2D eigenvalue weighted by Crippen LogP contribution is -2.45. The van der Waals surface area contributed by atoms with E-state index in [9.17, 15) is 9.59 Å². The Bertz CT molecular complexity index is 1010. The van der Waals surface area contributed by atoms with E-state index in [0.717, 1.165) is 38.4 Å². The number of benzene rings is 2. The van der Waals surface area contributed by atoms with Crippen LogP contribution in [0.5, 0.6) is 0 Å². The fourth-order valence-electron chi connectivity index (χ4n) is 3.86. The van der Waals surface area contributed by atoms with E-state index in [4.69, 9.17) is 9.15 Å². The second-order valence-electron chi connectivity index (χ2n) is 8.08. The van der Waals surface area contributed by atoms with Gasteiger partial charge >= 0.3 is 5.97 Å². The van der Waals surface area contributed by atoms with Gasteiger partial charge in [-0.25, -0.2) is 0 Å². The van der Waals surface area contributed by atoms with Crippen LogP contribution in [0.4, 0.5) is 11.4 Å². The summed E-state index contributed by atoms with van der Waals surface area (Å²) >= 11 is 0. The number of ether oxygens (including phenoxy) is 1. The van der Waals surface area contributed by atoms with Gasteiger partial charge in [-0.1, -0.05) is 30.3 Å². The van der Waals surface area contributed by atoms with Gasteiger partial charge in [-0.3, -0.25) is 14.5 Å². The van der Waals surface area contributed by atoms with Crippen LogP contribution in [0.3, 0.4) is 0 Å². The van der Waals surface area contributed by atoms with E-state index in [0.29, 0.717) is 17.9 Å². The highest BCUT2D eigenvalue weighted by Crippen LogP contribution is 2.20. The maximum atomic E-state index is 12.1. The first-order valence-electron chi connectivity index (χ1n) is 11.2. The minimum Gasteiger partial charge on any atom is -0.469 e. The van der Waals surface area contributed by atoms with Crippen LogP contribution < -0.4 is 10.2 Å². The zero-order chi connectivity index (χ0) is 22.9. The Morgan fingerprint density at radius 2 is 1.67 bits per heavy atom. The molecule has 2 heterocycles. The molecule has 7 nitrogen and oxygen atoms in total. The molecule has 1 aliphatic rings. The Kier molecular flexibility index (Phi) is 7.76. The standard InChI is InChI=1S/C26H29N3O4/c30-25(20-33-26(31)13-12-24-7-4-18-32-24)27-22-8-10-23(11-9-22)29-16-14-28(15-17-29)19-21-5-2-1-3-6-21/h1-11,18H,12-17,19-20H2,(H,27,30). The van der Waals surface area contributed by atoms with E-state index in [2.05, 4.69) is 39.4 Å². The average molecular weight is 448 g/mol. The fraction of sp³-hybridized carbons (Fsp3) is 0.308. The van der Waals surface area contributed by atoms with E-state index < -0.39 is 5.97 Å². The summed E-state index contributed by atoms with van der Waals surface area (Å²) in [5.41, 5.74) is 3.16. The van der Waals surface area contributed by atoms with Crippen molar-refractivity contribution >= 4 is 23.3 Å². The van der Waals surface area contributed by atoms with Crippen LogP contribution >= 0.6 is 0 Å². The summed E-state index contributed by atoms with van der Waals surface area (Å²) in [5, 5.41) is 2.77. The van der Waals surface area contributed by atoms with Gasteiger partial charge in [0.25, 0.3) is 5.91 Å². The Labute approximate surface area is 193 Å². The van der Waals surface area contributed by atoms with E-state index in [1.807, 2.05) is 30.3 Å². The number of amides is 1. The number of carbonyl (C=O) groups excluding carboxylic acids is 2. The summed E-state index contributed by atoms with van der Waals surface area (Å²) in [6.45, 7) is 4.63. The highest BCUT2D eigenvalue weighted by molar-refractivity contribution is 5.92. The lowest BCUT2D eigenvalue weighted by atomic mass is 10.2. The molecule has 33 heavy (non-hydrogen) atoms. The summed E-state index contributed by atoms with van der Waals surface area (Å²) in [4.78, 5) is 28.7. The molecule has 0 radical (unpaired) electrons. The molecule has 0 atom stereocenters. The topological polar surface area (TPSA) is 75.0 Å². The van der Waals surface area contributed by atoms with Crippen molar-refractivity contribution in [2.75, 3.05) is 43.0 Å². The summed E-state index contributed by atoms with van der Waals surface area (Å²) in [6.07, 6.45) is 2.19. The molecule has 3 aromatic rings. The molecule has 0 saturated carbocycles. The van der Waals surface area contributed by atoms with Gasteiger partial charge in [0.1, 0.15) is 5.76 Å². The van der Waals surface area contributed by atoms with Crippen molar-refractivity contribution < 1.29 is 18.7 Å². The Balaban J connectivity index is 1.17. The maximum Gasteiger partial charge on any atom is 0.306 e. The minimum atomic E-state index is -0.427. The monoisotopic (exact) mass is 447 g/mol. The van der Waals surface area contributed by atoms with E-state index in [1.54, 1.807) is 18.4 Å². The molecule has 1 fully saturated rings. The van der Waals surface area contributed by atoms with Gasteiger partial charge in [0, 0.05) is 50.5 Å². The first-order chi connectivity index (χ1) is 16.2. The number of esters is 1. The van der Waals surface area contributed by atoms with Crippen LogP contribution in [0, 0.1) is 0 Å². The van der Waals surface area contributed by atoms with Crippen molar-refractivity contribution in [2.45, 2.75) is 19.4 Å². The number of aryl methyl sites for hydroxylation is 1. The molecule has 0 spiro atoms. The molecule has 0 bridgehead atoms. The van der Waals surface area contributed by atoms with Crippen LogP contribution in [-0.4, -0.2) is 49.6 Å². The molecule has 4 rings (SSSR count). The number of carbonyl (C=O) groups is 2. The third-order valence-electron chi connectivity index (χ3n) is 5.66. The van der Waals surface area contributed by atoms with Gasteiger partial charge in [-0.05, 0) is 42.0 Å². The van der Waals surface area contributed by atoms with Crippen molar-refractivity contribution in [3.05, 3.63) is 84.3 Å². The molecule has 0 unspecified atom stereocenters. The molecule has 1 saturated heterocycles. The zero-order valence-corrected chi connectivity index (χ0v) is 18.6. The number of hydrogen-bond donors (Lipinski definition) is 1. The van der Waals surface area contributed by atoms with Crippen molar-refractivity contribution in [3.8, 4) is 0 Å². The Morgan fingerprint density at radius 1 is 0.909 bits per heavy atom. The molecule has 1 N–H and O–H groups in total. The highest BCUT2D eigenvalue weighted by atomic mass is 16.5. The quantitative estimate of drug-likeness (QED) is 0.504. The lowest BCUT2D eigenvalue weighted by molar-refractivity contribution is -0.147. The van der Waals surface area contributed by atoms with Gasteiger partial charge in [0.2, 0.25) is 0 Å². The largest absolute Gasteiger partial charge is 0.469 e. The van der Waals surface area contributed by atoms with Crippen molar-refractivity contribution in [3.63, 3.8) is 0 Å². The summed E-state index contributed by atoms with van der Waals surface area (Å²) < 4.78 is 10.2. The third kappa shape index (κ3) is 6.95. The van der Waals surface area contributed by atoms with Crippen LogP contribution in [0.15, 0.2) is 77.4 Å². The number of rotatable bonds is 9. The summed E-state index contributed by atoms with van der Waals surface area (Å²) in [7, 11) is 0. The zero-order valence-electron chi connectivity index (χ0n) is 18.6. The number of nitrogens with zero attached hydrogens (tertiary/aromatic N) is 2. The smallest absolute Gasteiger partial charge is 0.306 e. The molecular weight excluding hydrogens is 418 g/mol. The maximum absolute atomic E-state index is 12.1. The van der Waals surface area contributed by atoms with Crippen LogP contribution in [0.25, 0.3) is 0 Å².